The molecule has 1 aromatic carbocycles. The van der Waals surface area contributed by atoms with Crippen LogP contribution in [0.3, 0.4) is 0 Å². The van der Waals surface area contributed by atoms with E-state index in [2.05, 4.69) is 12.2 Å². The van der Waals surface area contributed by atoms with Crippen LogP contribution in [-0.4, -0.2) is 33.4 Å². The fraction of sp³-hybridized carbons (Fsp3) is 0.625. The highest BCUT2D eigenvalue weighted by Crippen LogP contribution is 2.38. The van der Waals surface area contributed by atoms with Crippen LogP contribution in [0, 0.1) is 12.8 Å². The number of aryl methyl sites for hydroxylation is 1. The SMILES string of the molecule is COc1cc(C)cc(OC)c1OCCNC(C)C1CC1. The van der Waals surface area contributed by atoms with Crippen LogP contribution >= 0.6 is 0 Å². The fourth-order valence-corrected chi connectivity index (χ4v) is 2.36. The van der Waals surface area contributed by atoms with Crippen molar-refractivity contribution in [1.82, 2.24) is 5.32 Å². The lowest BCUT2D eigenvalue weighted by Crippen LogP contribution is -2.31. The summed E-state index contributed by atoms with van der Waals surface area (Å²) in [6.07, 6.45) is 2.71. The topological polar surface area (TPSA) is 39.7 Å². The number of benzene rings is 1. The van der Waals surface area contributed by atoms with Gasteiger partial charge in [-0.2, -0.15) is 0 Å². The van der Waals surface area contributed by atoms with Crippen LogP contribution in [0.5, 0.6) is 17.2 Å². The zero-order valence-electron chi connectivity index (χ0n) is 12.9. The number of methoxy groups -OCH3 is 2. The molecule has 0 spiro atoms. The van der Waals surface area contributed by atoms with Crippen molar-refractivity contribution >= 4 is 0 Å². The Labute approximate surface area is 121 Å². The van der Waals surface area contributed by atoms with Crippen LogP contribution in [0.15, 0.2) is 12.1 Å². The maximum atomic E-state index is 5.84. The highest BCUT2D eigenvalue weighted by atomic mass is 16.5. The zero-order chi connectivity index (χ0) is 14.5. The molecular formula is C16H25NO3. The van der Waals surface area contributed by atoms with E-state index in [4.69, 9.17) is 14.2 Å². The van der Waals surface area contributed by atoms with Gasteiger partial charge in [-0.1, -0.05) is 0 Å². The number of hydrogen-bond acceptors (Lipinski definition) is 4. The zero-order valence-corrected chi connectivity index (χ0v) is 12.9. The van der Waals surface area contributed by atoms with Crippen molar-refractivity contribution in [2.24, 2.45) is 5.92 Å². The molecule has 1 N–H and O–H groups in total. The monoisotopic (exact) mass is 279 g/mol. The number of ether oxygens (including phenoxy) is 3. The van der Waals surface area contributed by atoms with Gasteiger partial charge in [0, 0.05) is 12.6 Å². The quantitative estimate of drug-likeness (QED) is 0.743. The van der Waals surface area contributed by atoms with E-state index in [1.54, 1.807) is 14.2 Å². The van der Waals surface area contributed by atoms with E-state index < -0.39 is 0 Å². The summed E-state index contributed by atoms with van der Waals surface area (Å²) >= 11 is 0. The molecule has 0 heterocycles. The van der Waals surface area contributed by atoms with E-state index in [9.17, 15) is 0 Å². The van der Waals surface area contributed by atoms with Gasteiger partial charge >= 0.3 is 0 Å². The number of nitrogens with one attached hydrogen (secondary N) is 1. The van der Waals surface area contributed by atoms with Gasteiger partial charge in [-0.15, -0.1) is 0 Å². The molecule has 1 atom stereocenters. The number of hydrogen-bond donors (Lipinski definition) is 1. The molecule has 0 saturated heterocycles. The second-order valence-electron chi connectivity index (χ2n) is 5.43. The Morgan fingerprint density at radius 3 is 2.30 bits per heavy atom. The second kappa shape index (κ2) is 6.84. The van der Waals surface area contributed by atoms with Crippen LogP contribution in [0.4, 0.5) is 0 Å². The van der Waals surface area contributed by atoms with E-state index in [0.717, 1.165) is 29.5 Å². The summed E-state index contributed by atoms with van der Waals surface area (Å²) in [4.78, 5) is 0. The summed E-state index contributed by atoms with van der Waals surface area (Å²) in [6.45, 7) is 5.68. The first-order valence-corrected chi connectivity index (χ1v) is 7.24. The van der Waals surface area contributed by atoms with Gasteiger partial charge < -0.3 is 19.5 Å². The first kappa shape index (κ1) is 15.0. The summed E-state index contributed by atoms with van der Waals surface area (Å²) in [7, 11) is 3.29. The van der Waals surface area contributed by atoms with Crippen LogP contribution in [0.1, 0.15) is 25.3 Å². The van der Waals surface area contributed by atoms with Crippen molar-refractivity contribution in [3.8, 4) is 17.2 Å². The predicted octanol–water partition coefficient (Wildman–Crippen LogP) is 2.78. The minimum atomic E-state index is 0.584. The second-order valence-corrected chi connectivity index (χ2v) is 5.43. The van der Waals surface area contributed by atoms with Crippen LogP contribution in [0.25, 0.3) is 0 Å². The van der Waals surface area contributed by atoms with Crippen molar-refractivity contribution in [3.63, 3.8) is 0 Å². The van der Waals surface area contributed by atoms with Gasteiger partial charge in [-0.05, 0) is 50.3 Å². The third kappa shape index (κ3) is 3.79. The first-order chi connectivity index (χ1) is 9.65. The van der Waals surface area contributed by atoms with Crippen LogP contribution in [0.2, 0.25) is 0 Å². The van der Waals surface area contributed by atoms with Gasteiger partial charge in [0.05, 0.1) is 14.2 Å². The molecule has 0 amide bonds. The van der Waals surface area contributed by atoms with Crippen molar-refractivity contribution in [2.45, 2.75) is 32.7 Å². The summed E-state index contributed by atoms with van der Waals surface area (Å²) in [5.41, 5.74) is 1.09. The molecule has 1 fully saturated rings. The highest BCUT2D eigenvalue weighted by Gasteiger charge is 2.27. The third-order valence-corrected chi connectivity index (χ3v) is 3.75. The largest absolute Gasteiger partial charge is 0.493 e. The molecule has 0 aliphatic heterocycles. The van der Waals surface area contributed by atoms with Gasteiger partial charge in [-0.25, -0.2) is 0 Å². The Bertz CT molecular complexity index is 418. The molecule has 0 aromatic heterocycles. The van der Waals surface area contributed by atoms with Gasteiger partial charge in [0.25, 0.3) is 0 Å². The molecule has 0 radical (unpaired) electrons. The average Bonchev–Trinajstić information content (AvgIpc) is 3.28. The Morgan fingerprint density at radius 1 is 1.20 bits per heavy atom. The lowest BCUT2D eigenvalue weighted by molar-refractivity contribution is 0.268. The van der Waals surface area contributed by atoms with E-state index in [0.29, 0.717) is 18.4 Å². The predicted molar refractivity (Wildman–Crippen MR) is 80.0 cm³/mol. The van der Waals surface area contributed by atoms with Gasteiger partial charge in [0.2, 0.25) is 5.75 Å². The molecule has 1 aliphatic rings. The highest BCUT2D eigenvalue weighted by molar-refractivity contribution is 5.53. The minimum Gasteiger partial charge on any atom is -0.493 e. The summed E-state index contributed by atoms with van der Waals surface area (Å²) in [5, 5.41) is 3.49. The Balaban J connectivity index is 1.90. The minimum absolute atomic E-state index is 0.584. The van der Waals surface area contributed by atoms with Gasteiger partial charge in [0.1, 0.15) is 6.61 Å². The summed E-state index contributed by atoms with van der Waals surface area (Å²) in [6, 6.07) is 4.50. The summed E-state index contributed by atoms with van der Waals surface area (Å²) in [5.74, 6) is 2.98. The maximum absolute atomic E-state index is 5.84. The van der Waals surface area contributed by atoms with Crippen molar-refractivity contribution in [2.75, 3.05) is 27.4 Å². The maximum Gasteiger partial charge on any atom is 0.203 e. The van der Waals surface area contributed by atoms with Gasteiger partial charge in [0.15, 0.2) is 11.5 Å². The standard InChI is InChI=1S/C16H25NO3/c1-11-9-14(18-3)16(15(10-11)19-4)20-8-7-17-12(2)13-5-6-13/h9-10,12-13,17H,5-8H2,1-4H3. The fourth-order valence-electron chi connectivity index (χ4n) is 2.36. The van der Waals surface area contributed by atoms with Crippen molar-refractivity contribution in [1.29, 1.82) is 0 Å². The molecule has 2 rings (SSSR count). The van der Waals surface area contributed by atoms with E-state index in [-0.39, 0.29) is 0 Å². The lowest BCUT2D eigenvalue weighted by Gasteiger charge is -2.17. The molecule has 20 heavy (non-hydrogen) atoms. The molecule has 1 saturated carbocycles. The Kier molecular flexibility index (Phi) is 5.12. The molecule has 4 heteroatoms. The molecule has 4 nitrogen and oxygen atoms in total. The van der Waals surface area contributed by atoms with E-state index >= 15 is 0 Å². The normalized spacial score (nSPS) is 15.8. The third-order valence-electron chi connectivity index (χ3n) is 3.75. The first-order valence-electron chi connectivity index (χ1n) is 7.24. The van der Waals surface area contributed by atoms with Crippen LogP contribution in [-0.2, 0) is 0 Å². The molecule has 0 bridgehead atoms. The molecule has 1 aromatic rings. The van der Waals surface area contributed by atoms with Crippen LogP contribution < -0.4 is 19.5 Å². The number of rotatable bonds is 8. The smallest absolute Gasteiger partial charge is 0.203 e. The molecule has 112 valence electrons. The van der Waals surface area contributed by atoms with Crippen molar-refractivity contribution in [3.05, 3.63) is 17.7 Å². The Morgan fingerprint density at radius 2 is 1.80 bits per heavy atom. The van der Waals surface area contributed by atoms with E-state index in [1.807, 2.05) is 19.1 Å². The Hall–Kier alpha value is -1.42. The average molecular weight is 279 g/mol. The molecule has 1 aliphatic carbocycles. The van der Waals surface area contributed by atoms with E-state index in [1.165, 1.54) is 12.8 Å². The van der Waals surface area contributed by atoms with Crippen molar-refractivity contribution < 1.29 is 14.2 Å². The summed E-state index contributed by atoms with van der Waals surface area (Å²) < 4.78 is 16.6. The lowest BCUT2D eigenvalue weighted by atomic mass is 10.2. The molecule has 1 unspecified atom stereocenters. The molecular weight excluding hydrogens is 254 g/mol. The van der Waals surface area contributed by atoms with Gasteiger partial charge in [-0.3, -0.25) is 0 Å².